The Hall–Kier alpha value is -0.780. The van der Waals surface area contributed by atoms with E-state index in [9.17, 15) is 4.79 Å². The SMILES string of the molecule is NC(=O)OCc1cccc(I)c1. The molecule has 0 aliphatic rings. The van der Waals surface area contributed by atoms with Crippen LogP contribution in [0.2, 0.25) is 0 Å². The van der Waals surface area contributed by atoms with Crippen LogP contribution in [0.5, 0.6) is 0 Å². The maximum atomic E-state index is 10.3. The van der Waals surface area contributed by atoms with Crippen LogP contribution in [0.4, 0.5) is 4.79 Å². The van der Waals surface area contributed by atoms with Crippen molar-refractivity contribution in [3.63, 3.8) is 0 Å². The van der Waals surface area contributed by atoms with E-state index in [-0.39, 0.29) is 6.61 Å². The largest absolute Gasteiger partial charge is 0.445 e. The normalized spacial score (nSPS) is 9.42. The number of ether oxygens (including phenoxy) is 1. The number of halogens is 1. The minimum absolute atomic E-state index is 0.242. The van der Waals surface area contributed by atoms with Crippen molar-refractivity contribution < 1.29 is 9.53 Å². The van der Waals surface area contributed by atoms with E-state index in [1.165, 1.54) is 0 Å². The maximum absolute atomic E-state index is 10.3. The highest BCUT2D eigenvalue weighted by Gasteiger charge is 1.96. The monoisotopic (exact) mass is 277 g/mol. The number of rotatable bonds is 2. The van der Waals surface area contributed by atoms with Gasteiger partial charge < -0.3 is 10.5 Å². The number of carbonyl (C=O) groups is 1. The van der Waals surface area contributed by atoms with E-state index in [1.807, 2.05) is 24.3 Å². The van der Waals surface area contributed by atoms with Gasteiger partial charge in [-0.15, -0.1) is 0 Å². The summed E-state index contributed by atoms with van der Waals surface area (Å²) in [7, 11) is 0. The molecule has 1 rings (SSSR count). The smallest absolute Gasteiger partial charge is 0.404 e. The fraction of sp³-hybridized carbons (Fsp3) is 0.125. The third kappa shape index (κ3) is 3.08. The third-order valence-electron chi connectivity index (χ3n) is 1.27. The Kier molecular flexibility index (Phi) is 3.33. The lowest BCUT2D eigenvalue weighted by atomic mass is 10.2. The second-order valence-electron chi connectivity index (χ2n) is 2.24. The molecule has 1 aromatic carbocycles. The quantitative estimate of drug-likeness (QED) is 0.839. The maximum Gasteiger partial charge on any atom is 0.404 e. The molecular formula is C8H8INO2. The Morgan fingerprint density at radius 1 is 1.58 bits per heavy atom. The Balaban J connectivity index is 2.57. The molecule has 0 atom stereocenters. The van der Waals surface area contributed by atoms with Crippen molar-refractivity contribution in [3.05, 3.63) is 33.4 Å². The molecule has 3 nitrogen and oxygen atoms in total. The van der Waals surface area contributed by atoms with Crippen LogP contribution in [0, 0.1) is 3.57 Å². The van der Waals surface area contributed by atoms with Gasteiger partial charge in [-0.3, -0.25) is 0 Å². The predicted molar refractivity (Wildman–Crippen MR) is 53.5 cm³/mol. The summed E-state index contributed by atoms with van der Waals surface area (Å²) >= 11 is 2.19. The highest BCUT2D eigenvalue weighted by molar-refractivity contribution is 14.1. The first-order chi connectivity index (χ1) is 5.68. The van der Waals surface area contributed by atoms with Crippen LogP contribution in [0.25, 0.3) is 0 Å². The number of benzene rings is 1. The van der Waals surface area contributed by atoms with E-state index in [4.69, 9.17) is 5.73 Å². The van der Waals surface area contributed by atoms with Gasteiger partial charge in [-0.25, -0.2) is 4.79 Å². The number of primary amides is 1. The van der Waals surface area contributed by atoms with Crippen molar-refractivity contribution in [1.82, 2.24) is 0 Å². The molecule has 1 amide bonds. The lowest BCUT2D eigenvalue weighted by molar-refractivity contribution is 0.150. The van der Waals surface area contributed by atoms with Crippen molar-refractivity contribution in [2.24, 2.45) is 5.73 Å². The summed E-state index contributed by atoms with van der Waals surface area (Å²) in [6.07, 6.45) is -0.742. The molecule has 0 fully saturated rings. The topological polar surface area (TPSA) is 52.3 Å². The predicted octanol–water partition coefficient (Wildman–Crippen LogP) is 1.89. The van der Waals surface area contributed by atoms with E-state index >= 15 is 0 Å². The van der Waals surface area contributed by atoms with Crippen LogP contribution in [0.15, 0.2) is 24.3 Å². The van der Waals surface area contributed by atoms with Crippen LogP contribution < -0.4 is 5.73 Å². The first-order valence-electron chi connectivity index (χ1n) is 3.35. The lowest BCUT2D eigenvalue weighted by Crippen LogP contribution is -2.12. The number of hydrogen-bond acceptors (Lipinski definition) is 2. The van der Waals surface area contributed by atoms with Crippen LogP contribution in [0.1, 0.15) is 5.56 Å². The van der Waals surface area contributed by atoms with Crippen molar-refractivity contribution in [2.45, 2.75) is 6.61 Å². The van der Waals surface area contributed by atoms with Gasteiger partial charge in [0.1, 0.15) is 6.61 Å². The first kappa shape index (κ1) is 9.31. The molecule has 64 valence electrons. The van der Waals surface area contributed by atoms with Gasteiger partial charge in [0.25, 0.3) is 0 Å². The summed E-state index contributed by atoms with van der Waals surface area (Å²) in [6, 6.07) is 7.68. The zero-order chi connectivity index (χ0) is 8.97. The van der Waals surface area contributed by atoms with Crippen LogP contribution >= 0.6 is 22.6 Å². The molecule has 0 radical (unpaired) electrons. The van der Waals surface area contributed by atoms with Gasteiger partial charge in [0.05, 0.1) is 0 Å². The number of hydrogen-bond donors (Lipinski definition) is 1. The van der Waals surface area contributed by atoms with E-state index in [0.29, 0.717) is 0 Å². The fourth-order valence-electron chi connectivity index (χ4n) is 0.781. The Labute approximate surface area is 84.0 Å². The molecule has 0 aliphatic heterocycles. The van der Waals surface area contributed by atoms with Crippen LogP contribution in [0.3, 0.4) is 0 Å². The zero-order valence-electron chi connectivity index (χ0n) is 6.29. The molecule has 0 spiro atoms. The summed E-state index contributed by atoms with van der Waals surface area (Å²) in [4.78, 5) is 10.3. The summed E-state index contributed by atoms with van der Waals surface area (Å²) in [5, 5.41) is 0. The van der Waals surface area contributed by atoms with Crippen molar-refractivity contribution in [2.75, 3.05) is 0 Å². The Bertz CT molecular complexity index is 288. The number of amides is 1. The van der Waals surface area contributed by atoms with Gasteiger partial charge in [0, 0.05) is 3.57 Å². The molecule has 0 heterocycles. The molecule has 0 aromatic heterocycles. The number of carbonyl (C=O) groups excluding carboxylic acids is 1. The van der Waals surface area contributed by atoms with Gasteiger partial charge in [-0.2, -0.15) is 0 Å². The minimum atomic E-state index is -0.742. The Morgan fingerprint density at radius 2 is 2.33 bits per heavy atom. The lowest BCUT2D eigenvalue weighted by Gasteiger charge is -2.01. The number of nitrogens with two attached hydrogens (primary N) is 1. The first-order valence-corrected chi connectivity index (χ1v) is 4.43. The fourth-order valence-corrected chi connectivity index (χ4v) is 1.39. The molecule has 0 aliphatic carbocycles. The zero-order valence-corrected chi connectivity index (χ0v) is 8.45. The van der Waals surface area contributed by atoms with E-state index < -0.39 is 6.09 Å². The second-order valence-corrected chi connectivity index (χ2v) is 3.48. The standard InChI is InChI=1S/C8H8INO2/c9-7-3-1-2-6(4-7)5-12-8(10)11/h1-4H,5H2,(H2,10,11). The summed E-state index contributed by atoms with van der Waals surface area (Å²) in [5.41, 5.74) is 5.76. The van der Waals surface area contributed by atoms with E-state index in [1.54, 1.807) is 0 Å². The minimum Gasteiger partial charge on any atom is -0.445 e. The molecular weight excluding hydrogens is 269 g/mol. The van der Waals surface area contributed by atoms with Gasteiger partial charge in [0.15, 0.2) is 0 Å². The molecule has 0 bridgehead atoms. The van der Waals surface area contributed by atoms with Crippen molar-refractivity contribution >= 4 is 28.7 Å². The average Bonchev–Trinajstić information content (AvgIpc) is 2.01. The van der Waals surface area contributed by atoms with E-state index in [2.05, 4.69) is 27.3 Å². The summed E-state index contributed by atoms with van der Waals surface area (Å²) in [6.45, 7) is 0.242. The Morgan fingerprint density at radius 3 is 2.92 bits per heavy atom. The van der Waals surface area contributed by atoms with E-state index in [0.717, 1.165) is 9.13 Å². The molecule has 12 heavy (non-hydrogen) atoms. The summed E-state index contributed by atoms with van der Waals surface area (Å²) < 4.78 is 5.73. The van der Waals surface area contributed by atoms with Gasteiger partial charge >= 0.3 is 6.09 Å². The van der Waals surface area contributed by atoms with Gasteiger partial charge in [-0.05, 0) is 40.3 Å². The highest BCUT2D eigenvalue weighted by atomic mass is 127. The van der Waals surface area contributed by atoms with Crippen LogP contribution in [-0.4, -0.2) is 6.09 Å². The molecule has 0 saturated heterocycles. The highest BCUT2D eigenvalue weighted by Crippen LogP contribution is 2.08. The third-order valence-corrected chi connectivity index (χ3v) is 1.94. The average molecular weight is 277 g/mol. The summed E-state index contributed by atoms with van der Waals surface area (Å²) in [5.74, 6) is 0. The second kappa shape index (κ2) is 4.30. The molecule has 0 saturated carbocycles. The van der Waals surface area contributed by atoms with Gasteiger partial charge in [-0.1, -0.05) is 12.1 Å². The van der Waals surface area contributed by atoms with Crippen molar-refractivity contribution in [1.29, 1.82) is 0 Å². The van der Waals surface area contributed by atoms with Crippen LogP contribution in [-0.2, 0) is 11.3 Å². The molecule has 2 N–H and O–H groups in total. The van der Waals surface area contributed by atoms with Gasteiger partial charge in [0.2, 0.25) is 0 Å². The molecule has 1 aromatic rings. The van der Waals surface area contributed by atoms with Crippen molar-refractivity contribution in [3.8, 4) is 0 Å². The molecule has 4 heteroatoms. The molecule has 0 unspecified atom stereocenters.